The normalized spacial score (nSPS) is 13.6. The minimum Gasteiger partial charge on any atom is -0.481 e. The first-order valence-corrected chi connectivity index (χ1v) is 7.15. The number of carboxylic acids is 1. The second kappa shape index (κ2) is 7.88. The lowest BCUT2D eigenvalue weighted by Crippen LogP contribution is -2.12. The maximum Gasteiger partial charge on any atom is 0.408 e. The molecule has 0 radical (unpaired) electrons. The van der Waals surface area contributed by atoms with Gasteiger partial charge in [0.15, 0.2) is 0 Å². The lowest BCUT2D eigenvalue weighted by atomic mass is 10.00. The Hall–Kier alpha value is -0.310. The molecule has 0 aliphatic carbocycles. The lowest BCUT2D eigenvalue weighted by Gasteiger charge is -2.08. The van der Waals surface area contributed by atoms with E-state index < -0.39 is 16.4 Å². The van der Waals surface area contributed by atoms with Gasteiger partial charge in [0.25, 0.3) is 0 Å². The van der Waals surface area contributed by atoms with Crippen molar-refractivity contribution in [3.05, 3.63) is 0 Å². The van der Waals surface area contributed by atoms with Crippen molar-refractivity contribution in [2.75, 3.05) is 5.75 Å². The zero-order valence-corrected chi connectivity index (χ0v) is 10.6. The van der Waals surface area contributed by atoms with Gasteiger partial charge in [0.2, 0.25) is 0 Å². The molecule has 0 bridgehead atoms. The van der Waals surface area contributed by atoms with Crippen LogP contribution in [0.1, 0.15) is 32.6 Å². The van der Waals surface area contributed by atoms with Gasteiger partial charge in [0, 0.05) is 17.8 Å². The Morgan fingerprint density at radius 2 is 2.06 bits per heavy atom. The molecule has 0 saturated carbocycles. The summed E-state index contributed by atoms with van der Waals surface area (Å²) < 4.78 is 32.5. The second-order valence-corrected chi connectivity index (χ2v) is 5.30. The molecule has 2 N–H and O–H groups in total. The fourth-order valence-electron chi connectivity index (χ4n) is 1.15. The molecule has 1 atom stereocenters. The van der Waals surface area contributed by atoms with Crippen molar-refractivity contribution in [1.82, 2.24) is 0 Å². The molecule has 0 aromatic carbocycles. The van der Waals surface area contributed by atoms with Crippen LogP contribution in [0.15, 0.2) is 0 Å². The van der Waals surface area contributed by atoms with Crippen LogP contribution in [0.3, 0.4) is 0 Å². The molecule has 6 nitrogen and oxygen atoms in total. The van der Waals surface area contributed by atoms with Crippen LogP contribution in [0.4, 0.5) is 0 Å². The van der Waals surface area contributed by atoms with E-state index in [0.29, 0.717) is 43.5 Å². The quantitative estimate of drug-likeness (QED) is 0.374. The van der Waals surface area contributed by atoms with E-state index in [2.05, 4.69) is 3.63 Å². The number of carbonyl (C=O) groups is 1. The highest BCUT2D eigenvalue weighted by Crippen LogP contribution is 2.15. The molecule has 96 valence electrons. The van der Waals surface area contributed by atoms with E-state index in [9.17, 15) is 13.2 Å². The first kappa shape index (κ1) is 15.7. The van der Waals surface area contributed by atoms with Crippen LogP contribution in [0.2, 0.25) is 0 Å². The minimum atomic E-state index is -4.38. The van der Waals surface area contributed by atoms with Crippen LogP contribution in [-0.2, 0) is 18.8 Å². The summed E-state index contributed by atoms with van der Waals surface area (Å²) >= 11 is 0.642. The number of unbranched alkanes of at least 4 members (excludes halogenated alkanes) is 1. The van der Waals surface area contributed by atoms with Crippen LogP contribution in [0, 0.1) is 5.92 Å². The monoisotopic (exact) mass is 272 g/mol. The smallest absolute Gasteiger partial charge is 0.408 e. The highest BCUT2D eigenvalue weighted by Gasteiger charge is 2.13. The third kappa shape index (κ3) is 8.96. The van der Waals surface area contributed by atoms with Gasteiger partial charge in [0.05, 0.1) is 5.92 Å². The summed E-state index contributed by atoms with van der Waals surface area (Å²) in [5, 5.41) is 8.74. The van der Waals surface area contributed by atoms with E-state index >= 15 is 0 Å². The van der Waals surface area contributed by atoms with Crippen LogP contribution in [0.25, 0.3) is 0 Å². The van der Waals surface area contributed by atoms with Gasteiger partial charge < -0.3 is 5.11 Å². The molecular weight excluding hydrogens is 256 g/mol. The Morgan fingerprint density at radius 1 is 1.44 bits per heavy atom. The summed E-state index contributed by atoms with van der Waals surface area (Å²) in [6.45, 7) is 1.81. The first-order chi connectivity index (χ1) is 7.37. The molecule has 0 spiro atoms. The molecule has 1 unspecified atom stereocenters. The van der Waals surface area contributed by atoms with E-state index in [4.69, 9.17) is 9.66 Å². The lowest BCUT2D eigenvalue weighted by molar-refractivity contribution is -0.142. The summed E-state index contributed by atoms with van der Waals surface area (Å²) in [7, 11) is -4.38. The fraction of sp³-hybridized carbons (Fsp3) is 0.875. The van der Waals surface area contributed by atoms with E-state index in [0.717, 1.165) is 0 Å². The zero-order chi connectivity index (χ0) is 12.6. The van der Waals surface area contributed by atoms with Crippen LogP contribution < -0.4 is 0 Å². The Labute approximate surface area is 99.5 Å². The molecule has 0 amide bonds. The van der Waals surface area contributed by atoms with Crippen molar-refractivity contribution in [1.29, 1.82) is 0 Å². The van der Waals surface area contributed by atoms with Gasteiger partial charge in [-0.25, -0.2) is 0 Å². The van der Waals surface area contributed by atoms with Crippen LogP contribution in [-0.4, -0.2) is 29.8 Å². The summed E-state index contributed by atoms with van der Waals surface area (Å²) in [6.07, 6.45) is 2.48. The maximum absolute atomic E-state index is 10.6. The summed E-state index contributed by atoms with van der Waals surface area (Å²) in [4.78, 5) is 10.6. The Balaban J connectivity index is 3.50. The van der Waals surface area contributed by atoms with E-state index in [-0.39, 0.29) is 5.92 Å². The van der Waals surface area contributed by atoms with E-state index in [1.165, 1.54) is 0 Å². The number of hydrogen-bond acceptors (Lipinski definition) is 5. The van der Waals surface area contributed by atoms with Crippen molar-refractivity contribution in [2.45, 2.75) is 32.6 Å². The van der Waals surface area contributed by atoms with Crippen molar-refractivity contribution >= 4 is 28.4 Å². The molecule has 0 heterocycles. The molecule has 8 heteroatoms. The molecule has 0 fully saturated rings. The van der Waals surface area contributed by atoms with Crippen molar-refractivity contribution in [3.8, 4) is 0 Å². The molecule has 0 aliphatic rings. The molecule has 0 saturated heterocycles. The van der Waals surface area contributed by atoms with Gasteiger partial charge in [0.1, 0.15) is 0 Å². The third-order valence-corrected chi connectivity index (χ3v) is 3.53. The van der Waals surface area contributed by atoms with Gasteiger partial charge in [-0.15, -0.1) is 0 Å². The first-order valence-electron chi connectivity index (χ1n) is 4.88. The molecule has 0 aliphatic heterocycles. The Kier molecular flexibility index (Phi) is 7.73. The Morgan fingerprint density at radius 3 is 2.50 bits per heavy atom. The van der Waals surface area contributed by atoms with Crippen LogP contribution >= 0.6 is 12.0 Å². The SMILES string of the molecule is CCC(CCCCSOS(=O)(=O)O)C(=O)O. The average molecular weight is 272 g/mol. The summed E-state index contributed by atoms with van der Waals surface area (Å²) in [5.74, 6) is -0.743. The van der Waals surface area contributed by atoms with E-state index in [1.54, 1.807) is 0 Å². The van der Waals surface area contributed by atoms with Gasteiger partial charge in [-0.1, -0.05) is 13.3 Å². The Bertz CT molecular complexity index is 300. The molecule has 0 rings (SSSR count). The number of hydrogen-bond donors (Lipinski definition) is 2. The fourth-order valence-corrected chi connectivity index (χ4v) is 2.23. The summed E-state index contributed by atoms with van der Waals surface area (Å²) in [5.41, 5.74) is 0. The van der Waals surface area contributed by atoms with Crippen molar-refractivity contribution in [2.24, 2.45) is 5.92 Å². The van der Waals surface area contributed by atoms with Crippen molar-refractivity contribution in [3.63, 3.8) is 0 Å². The predicted octanol–water partition coefficient (Wildman–Crippen LogP) is 1.74. The highest BCUT2D eigenvalue weighted by molar-refractivity contribution is 8.02. The molecular formula is C8H16O6S2. The van der Waals surface area contributed by atoms with Gasteiger partial charge in [-0.2, -0.15) is 12.0 Å². The number of carboxylic acid groups (broad SMARTS) is 1. The maximum atomic E-state index is 10.6. The van der Waals surface area contributed by atoms with Gasteiger partial charge >= 0.3 is 16.4 Å². The zero-order valence-electron chi connectivity index (χ0n) is 8.96. The summed E-state index contributed by atoms with van der Waals surface area (Å²) in [6, 6.07) is 0. The van der Waals surface area contributed by atoms with Gasteiger partial charge in [-0.05, 0) is 19.3 Å². The average Bonchev–Trinajstić information content (AvgIpc) is 2.14. The van der Waals surface area contributed by atoms with Gasteiger partial charge in [-0.3, -0.25) is 9.35 Å². The van der Waals surface area contributed by atoms with Crippen molar-refractivity contribution < 1.29 is 26.5 Å². The predicted molar refractivity (Wildman–Crippen MR) is 60.4 cm³/mol. The number of rotatable bonds is 9. The van der Waals surface area contributed by atoms with Crippen LogP contribution in [0.5, 0.6) is 0 Å². The van der Waals surface area contributed by atoms with E-state index in [1.807, 2.05) is 6.92 Å². The molecule has 0 aromatic rings. The second-order valence-electron chi connectivity index (χ2n) is 3.26. The number of aliphatic carboxylic acids is 1. The third-order valence-electron chi connectivity index (χ3n) is 2.01. The largest absolute Gasteiger partial charge is 0.481 e. The standard InChI is InChI=1S/C8H16O6S2/c1-2-7(8(9)10)5-3-4-6-15-14-16(11,12)13/h7H,2-6H2,1H3,(H,9,10)(H,11,12,13). The topological polar surface area (TPSA) is 101 Å². The molecule has 0 aromatic heterocycles. The minimum absolute atomic E-state index is 0.340. The highest BCUT2D eigenvalue weighted by atomic mass is 32.3. The molecule has 16 heavy (non-hydrogen) atoms.